The summed E-state index contributed by atoms with van der Waals surface area (Å²) in [7, 11) is 0. The number of likely N-dealkylation sites (tertiary alicyclic amines) is 3. The summed E-state index contributed by atoms with van der Waals surface area (Å²) >= 11 is 3.34. The number of hydrogen-bond acceptors (Lipinski definition) is 9. The number of nitrogens with zero attached hydrogens (tertiary/aromatic N) is 6. The topological polar surface area (TPSA) is 158 Å². The number of amides is 3. The monoisotopic (exact) mass is 1060 g/mol. The van der Waals surface area contributed by atoms with Crippen LogP contribution in [0.3, 0.4) is 0 Å². The first-order valence-electron chi connectivity index (χ1n) is 25.5. The second kappa shape index (κ2) is 22.3. The molecule has 5 aromatic carbocycles. The lowest BCUT2D eigenvalue weighted by Crippen LogP contribution is -2.40. The SMILES string of the molecule is CC(C)(C)OC(=O)N1CCC[C@H]1c1ncc(-c2ccc(-c3ccc(C4=CN=C([C@@H]5CCCN5C(=O)OCc5ccccc5)C4)cc3)c3ccccc23)[nH]1.O=C(OCc1ccccc1)N1CCC[C@H]1c1ncc(Br)[nH]1. The number of ether oxygens (including phenoxy) is 3. The number of rotatable bonds is 10. The molecule has 2 aromatic heterocycles. The standard InChI is InChI=1S/C44H45N5O4.C15H16BrN3O2/c1-44(2,3)53-43(51)49-24-10-16-40(49)41-46-27-38(47-41)36-22-21-33(34-13-7-8-14-35(34)36)31-19-17-30(18-20-31)32-25-37(45-26-32)39-15-9-23-48(39)42(50)52-28-29-11-5-4-6-12-29;16-13-9-17-14(18-13)12-7-4-8-19(12)15(20)21-10-11-5-2-1-3-6-11/h4-8,11-14,17-22,26-27,39-40H,9-10,15-16,23-25,28H2,1-3H3,(H,46,47);1-3,5-6,9,12H,4,7-8,10H2,(H,17,18)/t39-,40-;12-/m00/s1. The van der Waals surface area contributed by atoms with Crippen molar-refractivity contribution >= 4 is 56.3 Å². The summed E-state index contributed by atoms with van der Waals surface area (Å²) in [6, 6.07) is 40.8. The third-order valence-electron chi connectivity index (χ3n) is 14.0. The number of carbonyl (C=O) groups is 3. The Labute approximate surface area is 440 Å². The molecule has 0 bridgehead atoms. The van der Waals surface area contributed by atoms with Crippen LogP contribution in [-0.4, -0.2) is 89.9 Å². The lowest BCUT2D eigenvalue weighted by molar-refractivity contribution is 0.0218. The Morgan fingerprint density at radius 2 is 1.09 bits per heavy atom. The Kier molecular flexibility index (Phi) is 15.1. The summed E-state index contributed by atoms with van der Waals surface area (Å²) < 4.78 is 17.6. The molecule has 3 saturated heterocycles. The number of hydrogen-bond donors (Lipinski definition) is 2. The van der Waals surface area contributed by atoms with E-state index in [2.05, 4.69) is 91.5 Å². The Morgan fingerprint density at radius 1 is 0.595 bits per heavy atom. The van der Waals surface area contributed by atoms with E-state index >= 15 is 0 Å². The molecule has 6 heterocycles. The first-order valence-corrected chi connectivity index (χ1v) is 26.3. The smallest absolute Gasteiger partial charge is 0.410 e. The van der Waals surface area contributed by atoms with Gasteiger partial charge in [-0.05, 0) is 119 Å². The van der Waals surface area contributed by atoms with Crippen LogP contribution in [0, 0.1) is 0 Å². The molecule has 3 amide bonds. The highest BCUT2D eigenvalue weighted by Gasteiger charge is 2.37. The zero-order valence-electron chi connectivity index (χ0n) is 42.0. The number of aromatic amines is 2. The number of imidazole rings is 2. The molecule has 0 unspecified atom stereocenters. The molecular weight excluding hydrogens is 997 g/mol. The molecule has 4 aliphatic rings. The molecule has 0 saturated carbocycles. The molecule has 380 valence electrons. The Bertz CT molecular complexity index is 3170. The van der Waals surface area contributed by atoms with Crippen molar-refractivity contribution in [1.29, 1.82) is 0 Å². The lowest BCUT2D eigenvalue weighted by Gasteiger charge is -2.27. The molecule has 14 nitrogen and oxygen atoms in total. The second-order valence-corrected chi connectivity index (χ2v) is 21.0. The molecule has 2 N–H and O–H groups in total. The van der Waals surface area contributed by atoms with Gasteiger partial charge in [0.1, 0.15) is 35.1 Å². The van der Waals surface area contributed by atoms with Crippen LogP contribution in [0.15, 0.2) is 150 Å². The average molecular weight is 1060 g/mol. The van der Waals surface area contributed by atoms with Crippen LogP contribution in [0.25, 0.3) is 38.7 Å². The van der Waals surface area contributed by atoms with E-state index in [1.54, 1.807) is 16.0 Å². The van der Waals surface area contributed by atoms with E-state index in [4.69, 9.17) is 24.2 Å². The second-order valence-electron chi connectivity index (χ2n) is 20.1. The van der Waals surface area contributed by atoms with Gasteiger partial charge < -0.3 is 24.2 Å². The summed E-state index contributed by atoms with van der Waals surface area (Å²) in [6.45, 7) is 8.28. The van der Waals surface area contributed by atoms with Crippen LogP contribution >= 0.6 is 15.9 Å². The van der Waals surface area contributed by atoms with E-state index in [1.165, 1.54) is 0 Å². The molecule has 3 fully saturated rings. The molecule has 4 aliphatic heterocycles. The van der Waals surface area contributed by atoms with Gasteiger partial charge in [0.05, 0.1) is 36.2 Å². The fourth-order valence-electron chi connectivity index (χ4n) is 10.4. The van der Waals surface area contributed by atoms with Crippen molar-refractivity contribution in [3.63, 3.8) is 0 Å². The number of nitrogens with one attached hydrogen (secondary N) is 2. The molecule has 15 heteroatoms. The van der Waals surface area contributed by atoms with E-state index in [-0.39, 0.29) is 43.0 Å². The van der Waals surface area contributed by atoms with Crippen molar-refractivity contribution in [2.24, 2.45) is 4.99 Å². The van der Waals surface area contributed by atoms with Crippen LogP contribution in [0.5, 0.6) is 0 Å². The predicted molar refractivity (Wildman–Crippen MR) is 290 cm³/mol. The van der Waals surface area contributed by atoms with Crippen LogP contribution in [0.2, 0.25) is 0 Å². The maximum absolute atomic E-state index is 13.0. The normalized spacial score (nSPS) is 18.5. The maximum atomic E-state index is 13.0. The molecule has 74 heavy (non-hydrogen) atoms. The minimum atomic E-state index is -0.551. The zero-order valence-corrected chi connectivity index (χ0v) is 43.6. The van der Waals surface area contributed by atoms with Gasteiger partial charge in [0.15, 0.2) is 0 Å². The number of aromatic nitrogens is 4. The summed E-state index contributed by atoms with van der Waals surface area (Å²) in [4.78, 5) is 64.2. The van der Waals surface area contributed by atoms with Gasteiger partial charge in [0.25, 0.3) is 0 Å². The van der Waals surface area contributed by atoms with Crippen LogP contribution in [0.1, 0.15) is 106 Å². The van der Waals surface area contributed by atoms with Crippen molar-refractivity contribution in [1.82, 2.24) is 34.6 Å². The highest BCUT2D eigenvalue weighted by atomic mass is 79.9. The average Bonchev–Trinajstić information content (AvgIpc) is 4.28. The minimum Gasteiger partial charge on any atom is -0.445 e. The van der Waals surface area contributed by atoms with Crippen molar-refractivity contribution < 1.29 is 28.6 Å². The number of benzene rings is 5. The predicted octanol–water partition coefficient (Wildman–Crippen LogP) is 13.6. The lowest BCUT2D eigenvalue weighted by atomic mass is 9.92. The van der Waals surface area contributed by atoms with Crippen molar-refractivity contribution in [2.45, 2.75) is 103 Å². The summed E-state index contributed by atoms with van der Waals surface area (Å²) in [5.74, 6) is 1.58. The zero-order chi connectivity index (χ0) is 51.2. The highest BCUT2D eigenvalue weighted by Crippen LogP contribution is 2.39. The number of carbonyl (C=O) groups excluding carboxylic acids is 3. The quantitative estimate of drug-likeness (QED) is 0.128. The Balaban J connectivity index is 0.000000248. The third kappa shape index (κ3) is 11.5. The van der Waals surface area contributed by atoms with Gasteiger partial charge in [0, 0.05) is 43.5 Å². The molecule has 11 rings (SSSR count). The molecular formula is C59H61BrN8O6. The van der Waals surface area contributed by atoms with Gasteiger partial charge in [-0.3, -0.25) is 19.7 Å². The maximum Gasteiger partial charge on any atom is 0.410 e. The molecule has 0 radical (unpaired) electrons. The Hall–Kier alpha value is -7.52. The number of allylic oxidation sites excluding steroid dienone is 1. The highest BCUT2D eigenvalue weighted by molar-refractivity contribution is 9.10. The van der Waals surface area contributed by atoms with Gasteiger partial charge in [-0.1, -0.05) is 121 Å². The van der Waals surface area contributed by atoms with E-state index in [0.29, 0.717) is 32.7 Å². The fourth-order valence-corrected chi connectivity index (χ4v) is 10.7. The van der Waals surface area contributed by atoms with Gasteiger partial charge >= 0.3 is 18.3 Å². The van der Waals surface area contributed by atoms with Crippen molar-refractivity contribution in [3.8, 4) is 22.4 Å². The first-order chi connectivity index (χ1) is 36.0. The number of fused-ring (bicyclic) bond motifs is 1. The largest absolute Gasteiger partial charge is 0.445 e. The minimum absolute atomic E-state index is 0.0282. The molecule has 0 aliphatic carbocycles. The number of H-pyrrole nitrogens is 2. The van der Waals surface area contributed by atoms with Crippen molar-refractivity contribution in [3.05, 3.63) is 173 Å². The first kappa shape index (κ1) is 50.0. The molecule has 7 aromatic rings. The van der Waals surface area contributed by atoms with Crippen LogP contribution in [0.4, 0.5) is 14.4 Å². The fraction of sp³-hybridized carbons (Fsp3) is 0.322. The summed E-state index contributed by atoms with van der Waals surface area (Å²) in [5, 5.41) is 2.27. The molecule has 3 atom stereocenters. The van der Waals surface area contributed by atoms with E-state index in [9.17, 15) is 14.4 Å². The van der Waals surface area contributed by atoms with Gasteiger partial charge in [0.2, 0.25) is 0 Å². The summed E-state index contributed by atoms with van der Waals surface area (Å²) in [5.41, 5.74) is 8.97. The van der Waals surface area contributed by atoms with Gasteiger partial charge in [-0.15, -0.1) is 0 Å². The van der Waals surface area contributed by atoms with Crippen molar-refractivity contribution in [2.75, 3.05) is 19.6 Å². The summed E-state index contributed by atoms with van der Waals surface area (Å²) in [6.07, 6.45) is 10.9. The van der Waals surface area contributed by atoms with Crippen LogP contribution < -0.4 is 0 Å². The molecule has 0 spiro atoms. The van der Waals surface area contributed by atoms with Crippen LogP contribution in [-0.2, 0) is 27.4 Å². The third-order valence-corrected chi connectivity index (χ3v) is 14.4. The number of aliphatic imine (C=N–C) groups is 1. The van der Waals surface area contributed by atoms with E-state index < -0.39 is 5.60 Å². The van der Waals surface area contributed by atoms with Gasteiger partial charge in [-0.25, -0.2) is 24.4 Å². The number of halogens is 1. The van der Waals surface area contributed by atoms with Gasteiger partial charge in [-0.2, -0.15) is 0 Å². The Morgan fingerprint density at radius 3 is 1.68 bits per heavy atom. The van der Waals surface area contributed by atoms with E-state index in [1.807, 2.05) is 98.7 Å². The van der Waals surface area contributed by atoms with E-state index in [0.717, 1.165) is 116 Å².